The van der Waals surface area contributed by atoms with E-state index >= 15 is 0 Å². The molecule has 1 aromatic heterocycles. The summed E-state index contributed by atoms with van der Waals surface area (Å²) in [7, 11) is 0. The second-order valence-electron chi connectivity index (χ2n) is 8.38. The fourth-order valence-corrected chi connectivity index (χ4v) is 3.74. The molecule has 0 aliphatic heterocycles. The van der Waals surface area contributed by atoms with Crippen molar-refractivity contribution in [1.82, 2.24) is 0 Å². The second-order valence-corrected chi connectivity index (χ2v) is 8.73. The number of rotatable bonds is 8. The number of carbonyl (C=O) groups excluding carboxylic acids is 4. The van der Waals surface area contributed by atoms with Crippen LogP contribution in [0.2, 0.25) is 0 Å². The van der Waals surface area contributed by atoms with Crippen molar-refractivity contribution in [3.8, 4) is 0 Å². The van der Waals surface area contributed by atoms with Crippen molar-refractivity contribution in [2.24, 2.45) is 0 Å². The van der Waals surface area contributed by atoms with Crippen LogP contribution in [0.25, 0.3) is 11.2 Å². The maximum Gasteiger partial charge on any atom is 0.391 e. The Labute approximate surface area is 194 Å². The maximum absolute atomic E-state index is 13.2. The number of fused-ring (bicyclic) bond motifs is 1. The average molecular weight is 475 g/mol. The van der Waals surface area contributed by atoms with Crippen LogP contribution in [0.15, 0.2) is 39.5 Å². The van der Waals surface area contributed by atoms with Gasteiger partial charge in [-0.1, -0.05) is 12.1 Å². The largest absolute Gasteiger partial charge is 0.456 e. The summed E-state index contributed by atoms with van der Waals surface area (Å²) in [6, 6.07) is 8.13. The molecule has 1 heterocycles. The second kappa shape index (κ2) is 9.23. The Bertz CT molecular complexity index is 1250. The molecule has 0 radical (unpaired) electrons. The number of halogens is 1. The van der Waals surface area contributed by atoms with Gasteiger partial charge in [-0.15, -0.1) is 0 Å². The summed E-state index contributed by atoms with van der Waals surface area (Å²) in [6.45, 7) is 8.28. The van der Waals surface area contributed by atoms with Gasteiger partial charge in [-0.05, 0) is 70.0 Å². The zero-order chi connectivity index (χ0) is 24.5. The molecule has 0 aliphatic rings. The molecular formula is C24H23ClO8. The van der Waals surface area contributed by atoms with E-state index in [0.717, 1.165) is 0 Å². The van der Waals surface area contributed by atoms with Crippen molar-refractivity contribution in [1.29, 1.82) is 0 Å². The maximum atomic E-state index is 13.2. The average Bonchev–Trinajstić information content (AvgIpc) is 2.67. The highest BCUT2D eigenvalue weighted by atomic mass is 35.5. The number of hydrogen-bond acceptors (Lipinski definition) is 8. The van der Waals surface area contributed by atoms with E-state index in [1.807, 2.05) is 0 Å². The van der Waals surface area contributed by atoms with Gasteiger partial charge in [0.25, 0.3) is 0 Å². The monoisotopic (exact) mass is 474 g/mol. The Kier molecular flexibility index (Phi) is 6.78. The SMILES string of the molecule is Cc1c(C(=O)OC(C)(C)CC(C)OC(=O)C(=O)Cl)cccc1C(=O)c1ccc2ooc2c1C. The van der Waals surface area contributed by atoms with Crippen LogP contribution in [0.5, 0.6) is 0 Å². The lowest BCUT2D eigenvalue weighted by atomic mass is 9.93. The quantitative estimate of drug-likeness (QED) is 0.149. The number of carbonyl (C=O) groups is 4. The molecule has 1 atom stereocenters. The Morgan fingerprint density at radius 2 is 1.61 bits per heavy atom. The van der Waals surface area contributed by atoms with Crippen LogP contribution in [0.1, 0.15) is 64.6 Å². The van der Waals surface area contributed by atoms with Gasteiger partial charge in [0.05, 0.1) is 5.56 Å². The van der Waals surface area contributed by atoms with Crippen LogP contribution in [-0.4, -0.2) is 34.7 Å². The Hall–Kier alpha value is -3.39. The highest BCUT2D eigenvalue weighted by Gasteiger charge is 2.30. The molecule has 0 saturated carbocycles. The first-order valence-corrected chi connectivity index (χ1v) is 10.6. The van der Waals surface area contributed by atoms with Crippen molar-refractivity contribution in [3.63, 3.8) is 0 Å². The predicted molar refractivity (Wildman–Crippen MR) is 118 cm³/mol. The summed E-state index contributed by atoms with van der Waals surface area (Å²) >= 11 is 5.10. The fraction of sp³-hybridized carbons (Fsp3) is 0.333. The third kappa shape index (κ3) is 5.17. The van der Waals surface area contributed by atoms with Crippen molar-refractivity contribution < 1.29 is 37.8 Å². The number of benzene rings is 2. The molecule has 2 aromatic carbocycles. The van der Waals surface area contributed by atoms with Gasteiger partial charge >= 0.3 is 17.2 Å². The van der Waals surface area contributed by atoms with Crippen LogP contribution in [0, 0.1) is 13.8 Å². The van der Waals surface area contributed by atoms with Crippen molar-refractivity contribution in [2.45, 2.75) is 52.7 Å². The highest BCUT2D eigenvalue weighted by Crippen LogP contribution is 2.28. The number of ether oxygens (including phenoxy) is 2. The van der Waals surface area contributed by atoms with Gasteiger partial charge in [-0.25, -0.2) is 9.59 Å². The van der Waals surface area contributed by atoms with Crippen molar-refractivity contribution in [2.75, 3.05) is 0 Å². The molecule has 0 N–H and O–H groups in total. The molecule has 3 aromatic rings. The molecule has 0 fully saturated rings. The van der Waals surface area contributed by atoms with E-state index in [9.17, 15) is 19.2 Å². The van der Waals surface area contributed by atoms with Gasteiger partial charge in [-0.2, -0.15) is 0 Å². The summed E-state index contributed by atoms with van der Waals surface area (Å²) in [6.07, 6.45) is -0.593. The van der Waals surface area contributed by atoms with Crippen LogP contribution >= 0.6 is 11.6 Å². The highest BCUT2D eigenvalue weighted by molar-refractivity contribution is 6.80. The Balaban J connectivity index is 1.79. The van der Waals surface area contributed by atoms with E-state index in [4.69, 9.17) is 30.2 Å². The standard InChI is InChI=1S/C24H23ClO8/c1-12(30-23(29)21(25)27)11-24(4,5)31-22(28)17-8-6-7-15(13(17)2)19(26)16-9-10-18-20(14(16)3)33-32-18/h6-10,12H,11H2,1-5H3. The van der Waals surface area contributed by atoms with Crippen LogP contribution < -0.4 is 0 Å². The van der Waals surface area contributed by atoms with Crippen LogP contribution in [-0.2, 0) is 19.1 Å². The summed E-state index contributed by atoms with van der Waals surface area (Å²) in [4.78, 5) is 48.3. The Morgan fingerprint density at radius 3 is 2.21 bits per heavy atom. The van der Waals surface area contributed by atoms with Crippen LogP contribution in [0.3, 0.4) is 0 Å². The molecule has 0 amide bonds. The fourth-order valence-electron chi connectivity index (χ4n) is 3.69. The minimum atomic E-state index is -1.23. The number of ketones is 1. The first-order chi connectivity index (χ1) is 15.4. The smallest absolute Gasteiger partial charge is 0.391 e. The topological polar surface area (TPSA) is 113 Å². The molecule has 0 saturated heterocycles. The van der Waals surface area contributed by atoms with E-state index in [-0.39, 0.29) is 17.8 Å². The van der Waals surface area contributed by atoms with Crippen LogP contribution in [0.4, 0.5) is 0 Å². The zero-order valence-electron chi connectivity index (χ0n) is 18.8. The number of hydrogen-bond donors (Lipinski definition) is 0. The van der Waals surface area contributed by atoms with Crippen molar-refractivity contribution in [3.05, 3.63) is 58.1 Å². The molecule has 0 aliphatic carbocycles. The number of esters is 2. The summed E-state index contributed by atoms with van der Waals surface area (Å²) in [5, 5.41) is -1.23. The lowest BCUT2D eigenvalue weighted by Gasteiger charge is -2.28. The van der Waals surface area contributed by atoms with Crippen molar-refractivity contribution >= 4 is 45.7 Å². The summed E-state index contributed by atoms with van der Waals surface area (Å²) in [5.74, 6) is -2.07. The Morgan fingerprint density at radius 1 is 0.970 bits per heavy atom. The molecule has 174 valence electrons. The molecule has 0 bridgehead atoms. The van der Waals surface area contributed by atoms with E-state index in [2.05, 4.69) is 0 Å². The lowest BCUT2D eigenvalue weighted by molar-refractivity contribution is -0.155. The van der Waals surface area contributed by atoms with E-state index in [1.165, 1.54) is 0 Å². The molecule has 1 unspecified atom stereocenters. The molecule has 3 rings (SSSR count). The predicted octanol–water partition coefficient (Wildman–Crippen LogP) is 4.90. The van der Waals surface area contributed by atoms with Gasteiger partial charge in [0.2, 0.25) is 11.2 Å². The van der Waals surface area contributed by atoms with Gasteiger partial charge in [0, 0.05) is 23.1 Å². The van der Waals surface area contributed by atoms with Gasteiger partial charge in [0.1, 0.15) is 11.7 Å². The van der Waals surface area contributed by atoms with E-state index in [1.54, 1.807) is 65.0 Å². The van der Waals surface area contributed by atoms with E-state index in [0.29, 0.717) is 33.4 Å². The molecule has 9 heteroatoms. The lowest BCUT2D eigenvalue weighted by Crippen LogP contribution is -2.34. The van der Waals surface area contributed by atoms with E-state index < -0.39 is 28.9 Å². The first kappa shape index (κ1) is 24.3. The van der Waals surface area contributed by atoms with Gasteiger partial charge in [-0.3, -0.25) is 18.7 Å². The minimum absolute atomic E-state index is 0.128. The zero-order valence-corrected chi connectivity index (χ0v) is 19.6. The first-order valence-electron chi connectivity index (χ1n) is 10.2. The third-order valence-corrected chi connectivity index (χ3v) is 5.40. The molecule has 8 nitrogen and oxygen atoms in total. The minimum Gasteiger partial charge on any atom is -0.456 e. The molecular weight excluding hydrogens is 452 g/mol. The van der Waals surface area contributed by atoms with Gasteiger partial charge < -0.3 is 9.47 Å². The summed E-state index contributed by atoms with van der Waals surface area (Å²) < 4.78 is 20.4. The summed E-state index contributed by atoms with van der Waals surface area (Å²) in [5.41, 5.74) is 2.19. The normalized spacial score (nSPS) is 12.4. The van der Waals surface area contributed by atoms with Gasteiger partial charge in [0.15, 0.2) is 5.78 Å². The third-order valence-electron chi connectivity index (χ3n) is 5.24. The number of aryl methyl sites for hydroxylation is 1. The molecule has 0 spiro atoms. The molecule has 33 heavy (non-hydrogen) atoms.